The zero-order valence-corrected chi connectivity index (χ0v) is 16.6. The van der Waals surface area contributed by atoms with Crippen molar-refractivity contribution >= 4 is 17.3 Å². The van der Waals surface area contributed by atoms with Crippen LogP contribution in [0.25, 0.3) is 11.5 Å². The smallest absolute Gasteiger partial charge is 0.226 e. The topological polar surface area (TPSA) is 62.5 Å². The molecule has 1 atom stereocenters. The first-order valence-electron chi connectivity index (χ1n) is 9.29. The average Bonchev–Trinajstić information content (AvgIpc) is 3.37. The molecule has 2 N–H and O–H groups in total. The van der Waals surface area contributed by atoms with Crippen LogP contribution in [0, 0.1) is 5.92 Å². The van der Waals surface area contributed by atoms with E-state index in [9.17, 15) is 0 Å². The van der Waals surface area contributed by atoms with Crippen molar-refractivity contribution in [2.24, 2.45) is 10.9 Å². The van der Waals surface area contributed by atoms with Gasteiger partial charge in [0.05, 0.1) is 6.54 Å². The fraction of sp³-hybridized carbons (Fsp3) is 0.333. The molecule has 5 nitrogen and oxygen atoms in total. The predicted octanol–water partition coefficient (Wildman–Crippen LogP) is 4.34. The minimum Gasteiger partial charge on any atom is -0.444 e. The highest BCUT2D eigenvalue weighted by Crippen LogP contribution is 2.18. The highest BCUT2D eigenvalue weighted by Gasteiger charge is 2.08. The lowest BCUT2D eigenvalue weighted by atomic mass is 10.1. The van der Waals surface area contributed by atoms with Crippen LogP contribution in [-0.4, -0.2) is 24.0 Å². The summed E-state index contributed by atoms with van der Waals surface area (Å²) in [7, 11) is 0. The molecule has 142 valence electrons. The number of aromatic nitrogens is 1. The summed E-state index contributed by atoms with van der Waals surface area (Å²) in [4.78, 5) is 10.6. The monoisotopic (exact) mass is 382 g/mol. The number of nitrogens with one attached hydrogen (secondary N) is 2. The van der Waals surface area contributed by atoms with Crippen LogP contribution in [0.5, 0.6) is 0 Å². The first-order valence-corrected chi connectivity index (χ1v) is 10.2. The Morgan fingerprint density at radius 2 is 2.04 bits per heavy atom. The van der Waals surface area contributed by atoms with Crippen LogP contribution in [-0.2, 0) is 13.0 Å². The lowest BCUT2D eigenvalue weighted by Crippen LogP contribution is -2.39. The minimum atomic E-state index is 0.477. The molecule has 0 bridgehead atoms. The van der Waals surface area contributed by atoms with E-state index in [2.05, 4.69) is 52.0 Å². The van der Waals surface area contributed by atoms with E-state index in [4.69, 9.17) is 4.42 Å². The lowest BCUT2D eigenvalue weighted by Gasteiger charge is -2.15. The number of benzene rings is 1. The molecule has 0 radical (unpaired) electrons. The van der Waals surface area contributed by atoms with Gasteiger partial charge in [0.1, 0.15) is 12.0 Å². The van der Waals surface area contributed by atoms with E-state index in [1.165, 1.54) is 4.88 Å². The summed E-state index contributed by atoms with van der Waals surface area (Å²) in [5, 5.41) is 8.84. The second-order valence-corrected chi connectivity index (χ2v) is 7.51. The van der Waals surface area contributed by atoms with Crippen LogP contribution in [0.4, 0.5) is 0 Å². The normalized spacial score (nSPS) is 12.7. The molecular formula is C21H26N4OS. The van der Waals surface area contributed by atoms with E-state index in [0.717, 1.165) is 36.7 Å². The van der Waals surface area contributed by atoms with E-state index in [1.54, 1.807) is 6.26 Å². The number of hydrogen-bond acceptors (Lipinski definition) is 4. The quantitative estimate of drug-likeness (QED) is 0.449. The summed E-state index contributed by atoms with van der Waals surface area (Å²) >= 11 is 1.81. The van der Waals surface area contributed by atoms with Crippen molar-refractivity contribution in [1.82, 2.24) is 15.6 Å². The third kappa shape index (κ3) is 5.96. The maximum absolute atomic E-state index is 5.58. The van der Waals surface area contributed by atoms with Crippen LogP contribution in [0.1, 0.15) is 24.4 Å². The van der Waals surface area contributed by atoms with Crippen molar-refractivity contribution in [3.63, 3.8) is 0 Å². The molecule has 3 rings (SSSR count). The third-order valence-corrected chi connectivity index (χ3v) is 4.96. The van der Waals surface area contributed by atoms with Gasteiger partial charge in [0.25, 0.3) is 0 Å². The molecule has 27 heavy (non-hydrogen) atoms. The van der Waals surface area contributed by atoms with Crippen molar-refractivity contribution in [1.29, 1.82) is 0 Å². The van der Waals surface area contributed by atoms with Crippen LogP contribution in [0.15, 0.2) is 63.5 Å². The molecule has 3 aromatic rings. The Hall–Kier alpha value is -2.60. The lowest BCUT2D eigenvalue weighted by molar-refractivity contribution is 0.561. The van der Waals surface area contributed by atoms with Gasteiger partial charge < -0.3 is 15.1 Å². The number of nitrogens with zero attached hydrogens (tertiary/aromatic N) is 2. The first-order chi connectivity index (χ1) is 13.2. The fourth-order valence-corrected chi connectivity index (χ4v) is 3.58. The van der Waals surface area contributed by atoms with E-state index in [0.29, 0.717) is 18.4 Å². The Kier molecular flexibility index (Phi) is 7.04. The van der Waals surface area contributed by atoms with Gasteiger partial charge >= 0.3 is 0 Å². The molecule has 0 fully saturated rings. The van der Waals surface area contributed by atoms with Crippen LogP contribution in [0.3, 0.4) is 0 Å². The SMILES string of the molecule is CCNC(=NCc1coc(-c2ccccc2)n1)NCC(C)Cc1cccs1. The fourth-order valence-electron chi connectivity index (χ4n) is 2.71. The molecule has 0 amide bonds. The van der Waals surface area contributed by atoms with Crippen molar-refractivity contribution in [3.05, 3.63) is 64.7 Å². The molecule has 1 aromatic carbocycles. The van der Waals surface area contributed by atoms with Crippen molar-refractivity contribution in [3.8, 4) is 11.5 Å². The molecule has 0 saturated heterocycles. The average molecular weight is 383 g/mol. The largest absolute Gasteiger partial charge is 0.444 e. The Labute approximate surface area is 164 Å². The Morgan fingerprint density at radius 3 is 2.78 bits per heavy atom. The molecule has 0 aliphatic heterocycles. The van der Waals surface area contributed by atoms with Gasteiger partial charge in [0.15, 0.2) is 5.96 Å². The standard InChI is InChI=1S/C21H26N4OS/c1-3-22-21(23-13-16(2)12-19-10-7-11-27-19)24-14-18-15-26-20(25-18)17-8-5-4-6-9-17/h4-11,15-16H,3,12-14H2,1-2H3,(H2,22,23,24). The second kappa shape index (κ2) is 9.92. The number of aliphatic imine (C=N–C) groups is 1. The van der Waals surface area contributed by atoms with E-state index >= 15 is 0 Å². The molecule has 2 aromatic heterocycles. The summed E-state index contributed by atoms with van der Waals surface area (Å²) in [5.41, 5.74) is 1.79. The van der Waals surface area contributed by atoms with Crippen molar-refractivity contribution in [2.45, 2.75) is 26.8 Å². The minimum absolute atomic E-state index is 0.477. The van der Waals surface area contributed by atoms with Crippen molar-refractivity contribution in [2.75, 3.05) is 13.1 Å². The van der Waals surface area contributed by atoms with E-state index in [1.807, 2.05) is 41.7 Å². The number of hydrogen-bond donors (Lipinski definition) is 2. The van der Waals surface area contributed by atoms with Gasteiger partial charge in [-0.25, -0.2) is 9.98 Å². The predicted molar refractivity (Wildman–Crippen MR) is 112 cm³/mol. The maximum atomic E-state index is 5.58. The first kappa shape index (κ1) is 19.2. The van der Waals surface area contributed by atoms with Crippen LogP contribution >= 0.6 is 11.3 Å². The number of guanidine groups is 1. The summed E-state index contributed by atoms with van der Waals surface area (Å²) < 4.78 is 5.58. The molecule has 0 aliphatic rings. The van der Waals surface area contributed by atoms with Gasteiger partial charge in [-0.05, 0) is 42.8 Å². The van der Waals surface area contributed by atoms with Gasteiger partial charge in [0, 0.05) is 23.5 Å². The van der Waals surface area contributed by atoms with Gasteiger partial charge in [-0.15, -0.1) is 11.3 Å². The Bertz CT molecular complexity index is 827. The summed E-state index contributed by atoms with van der Waals surface area (Å²) in [6.45, 7) is 6.48. The van der Waals surface area contributed by atoms with Crippen molar-refractivity contribution < 1.29 is 4.42 Å². The van der Waals surface area contributed by atoms with Crippen LogP contribution < -0.4 is 10.6 Å². The molecule has 1 unspecified atom stereocenters. The van der Waals surface area contributed by atoms with Crippen LogP contribution in [0.2, 0.25) is 0 Å². The van der Waals surface area contributed by atoms with Gasteiger partial charge in [-0.1, -0.05) is 31.2 Å². The highest BCUT2D eigenvalue weighted by molar-refractivity contribution is 7.09. The summed E-state index contributed by atoms with van der Waals surface area (Å²) in [6, 6.07) is 14.2. The van der Waals surface area contributed by atoms with E-state index < -0.39 is 0 Å². The summed E-state index contributed by atoms with van der Waals surface area (Å²) in [5.74, 6) is 1.97. The van der Waals surface area contributed by atoms with Gasteiger partial charge in [-0.3, -0.25) is 0 Å². The number of oxazole rings is 1. The Balaban J connectivity index is 1.55. The summed E-state index contributed by atoms with van der Waals surface area (Å²) in [6.07, 6.45) is 2.75. The number of thiophene rings is 1. The highest BCUT2D eigenvalue weighted by atomic mass is 32.1. The molecule has 0 spiro atoms. The van der Waals surface area contributed by atoms with E-state index in [-0.39, 0.29) is 0 Å². The zero-order chi connectivity index (χ0) is 18.9. The second-order valence-electron chi connectivity index (χ2n) is 6.47. The Morgan fingerprint density at radius 1 is 1.19 bits per heavy atom. The molecular weight excluding hydrogens is 356 g/mol. The molecule has 0 saturated carbocycles. The number of rotatable bonds is 8. The molecule has 2 heterocycles. The van der Waals surface area contributed by atoms with Gasteiger partial charge in [0.2, 0.25) is 5.89 Å². The maximum Gasteiger partial charge on any atom is 0.226 e. The molecule has 6 heteroatoms. The molecule has 0 aliphatic carbocycles. The van der Waals surface area contributed by atoms with Gasteiger partial charge in [-0.2, -0.15) is 0 Å². The zero-order valence-electron chi connectivity index (χ0n) is 15.8. The third-order valence-electron chi connectivity index (χ3n) is 4.06.